The van der Waals surface area contributed by atoms with Crippen molar-refractivity contribution in [1.82, 2.24) is 24.1 Å². The molecule has 0 spiro atoms. The molecule has 0 saturated heterocycles. The second kappa shape index (κ2) is 10.7. The predicted octanol–water partition coefficient (Wildman–Crippen LogP) is 9.91. The van der Waals surface area contributed by atoms with Crippen molar-refractivity contribution in [2.45, 2.75) is 0 Å². The minimum Gasteiger partial charge on any atom is -0.317 e. The number of hydrogen-bond acceptors (Lipinski definition) is 3. The summed E-state index contributed by atoms with van der Waals surface area (Å²) in [5.41, 5.74) is 8.52. The first-order chi connectivity index (χ1) is 22.8. The maximum Gasteiger partial charge on any atom is 0.164 e. The van der Waals surface area contributed by atoms with E-state index in [1.165, 1.54) is 21.7 Å². The number of aromatic nitrogens is 5. The third-order valence-electron chi connectivity index (χ3n) is 8.58. The molecule has 5 nitrogen and oxygen atoms in total. The lowest BCUT2D eigenvalue weighted by atomic mass is 10.1. The van der Waals surface area contributed by atoms with E-state index in [0.29, 0.717) is 17.5 Å². The van der Waals surface area contributed by atoms with Crippen molar-refractivity contribution in [3.8, 4) is 45.5 Å². The van der Waals surface area contributed by atoms with Gasteiger partial charge in [-0.3, -0.25) is 0 Å². The van der Waals surface area contributed by atoms with Gasteiger partial charge in [-0.2, -0.15) is 0 Å². The molecule has 0 unspecified atom stereocenters. The van der Waals surface area contributed by atoms with Crippen molar-refractivity contribution in [2.24, 2.45) is 0 Å². The van der Waals surface area contributed by atoms with Crippen molar-refractivity contribution < 1.29 is 0 Å². The van der Waals surface area contributed by atoms with Crippen molar-refractivity contribution in [1.29, 1.82) is 0 Å². The van der Waals surface area contributed by atoms with Gasteiger partial charge in [0.2, 0.25) is 0 Å². The summed E-state index contributed by atoms with van der Waals surface area (Å²) >= 11 is 0. The van der Waals surface area contributed by atoms with Crippen LogP contribution in [-0.4, -0.2) is 24.1 Å². The Morgan fingerprint density at radius 2 is 0.935 bits per heavy atom. The molecule has 6 aromatic carbocycles. The standard InChI is InChI=1S/C41H27N5/c1-4-13-28(14-5-1)39-42-40(29-15-6-2-7-16-29)44-41(43-39)31-17-12-20-33(25-31)46-36-22-11-10-21-34(36)35-27-37-30(26-38(35)46)23-24-45(37)32-18-8-3-9-19-32/h1-27H. The lowest BCUT2D eigenvalue weighted by Gasteiger charge is -2.12. The zero-order valence-corrected chi connectivity index (χ0v) is 24.8. The molecule has 0 aliphatic heterocycles. The molecule has 3 aromatic heterocycles. The van der Waals surface area contributed by atoms with Crippen molar-refractivity contribution in [3.63, 3.8) is 0 Å². The smallest absolute Gasteiger partial charge is 0.164 e. The molecule has 3 heterocycles. The molecule has 9 rings (SSSR count). The van der Waals surface area contributed by atoms with Gasteiger partial charge in [-0.1, -0.05) is 109 Å². The van der Waals surface area contributed by atoms with Gasteiger partial charge < -0.3 is 9.13 Å². The Labute approximate surface area is 265 Å². The van der Waals surface area contributed by atoms with Gasteiger partial charge in [0.25, 0.3) is 0 Å². The fraction of sp³-hybridized carbons (Fsp3) is 0. The van der Waals surface area contributed by atoms with E-state index in [2.05, 4.69) is 112 Å². The van der Waals surface area contributed by atoms with Crippen LogP contribution in [0.3, 0.4) is 0 Å². The van der Waals surface area contributed by atoms with Crippen LogP contribution >= 0.6 is 0 Å². The van der Waals surface area contributed by atoms with Gasteiger partial charge in [0.1, 0.15) is 0 Å². The van der Waals surface area contributed by atoms with Gasteiger partial charge in [-0.05, 0) is 48.5 Å². The Morgan fingerprint density at radius 3 is 1.63 bits per heavy atom. The number of rotatable bonds is 5. The first-order valence-electron chi connectivity index (χ1n) is 15.4. The van der Waals surface area contributed by atoms with Gasteiger partial charge in [0, 0.05) is 50.4 Å². The molecule has 0 radical (unpaired) electrons. The minimum absolute atomic E-state index is 0.637. The van der Waals surface area contributed by atoms with E-state index in [9.17, 15) is 0 Å². The van der Waals surface area contributed by atoms with E-state index in [1.807, 2.05) is 60.7 Å². The van der Waals surface area contributed by atoms with E-state index >= 15 is 0 Å². The zero-order chi connectivity index (χ0) is 30.5. The Morgan fingerprint density at radius 1 is 0.370 bits per heavy atom. The van der Waals surface area contributed by atoms with Crippen LogP contribution in [0.2, 0.25) is 0 Å². The molecule has 216 valence electrons. The number of fused-ring (bicyclic) bond motifs is 4. The van der Waals surface area contributed by atoms with Crippen LogP contribution in [0, 0.1) is 0 Å². The number of hydrogen-bond donors (Lipinski definition) is 0. The van der Waals surface area contributed by atoms with E-state index in [0.717, 1.165) is 39.1 Å². The lowest BCUT2D eigenvalue weighted by Crippen LogP contribution is -2.01. The maximum atomic E-state index is 4.98. The molecule has 0 atom stereocenters. The Kier molecular flexibility index (Phi) is 6.06. The molecule has 0 fully saturated rings. The summed E-state index contributed by atoms with van der Waals surface area (Å²) in [4.78, 5) is 14.8. The highest BCUT2D eigenvalue weighted by atomic mass is 15.0. The summed E-state index contributed by atoms with van der Waals surface area (Å²) in [6.07, 6.45) is 2.15. The second-order valence-electron chi connectivity index (χ2n) is 11.4. The average molecular weight is 590 g/mol. The topological polar surface area (TPSA) is 48.5 Å². The van der Waals surface area contributed by atoms with Gasteiger partial charge in [-0.15, -0.1) is 0 Å². The molecule has 5 heteroatoms. The summed E-state index contributed by atoms with van der Waals surface area (Å²) in [6, 6.07) is 54.7. The number of para-hydroxylation sites is 2. The van der Waals surface area contributed by atoms with Crippen LogP contribution in [0.25, 0.3) is 78.2 Å². The Bertz CT molecular complexity index is 2460. The molecule has 0 aliphatic carbocycles. The molecule has 0 aliphatic rings. The lowest BCUT2D eigenvalue weighted by molar-refractivity contribution is 1.07. The average Bonchev–Trinajstić information content (AvgIpc) is 3.70. The van der Waals surface area contributed by atoms with Crippen LogP contribution in [0.5, 0.6) is 0 Å². The highest BCUT2D eigenvalue weighted by Gasteiger charge is 2.17. The molecule has 9 aromatic rings. The quantitative estimate of drug-likeness (QED) is 0.201. The van der Waals surface area contributed by atoms with E-state index < -0.39 is 0 Å². The van der Waals surface area contributed by atoms with E-state index in [-0.39, 0.29) is 0 Å². The summed E-state index contributed by atoms with van der Waals surface area (Å²) in [7, 11) is 0. The molecular formula is C41H27N5. The minimum atomic E-state index is 0.637. The molecule has 46 heavy (non-hydrogen) atoms. The van der Waals surface area contributed by atoms with Crippen LogP contribution < -0.4 is 0 Å². The summed E-state index contributed by atoms with van der Waals surface area (Å²) < 4.78 is 4.61. The molecular weight excluding hydrogens is 562 g/mol. The maximum absolute atomic E-state index is 4.98. The fourth-order valence-corrected chi connectivity index (χ4v) is 6.41. The molecule has 0 bridgehead atoms. The van der Waals surface area contributed by atoms with Crippen LogP contribution in [0.4, 0.5) is 0 Å². The van der Waals surface area contributed by atoms with E-state index in [4.69, 9.17) is 15.0 Å². The summed E-state index contributed by atoms with van der Waals surface area (Å²) in [6.45, 7) is 0. The SMILES string of the molecule is c1ccc(-c2nc(-c3ccccc3)nc(-c3cccc(-n4c5ccccc5c5cc6c(ccn6-c6ccccc6)cc54)c3)n2)cc1. The van der Waals surface area contributed by atoms with Gasteiger partial charge in [0.15, 0.2) is 17.5 Å². The largest absolute Gasteiger partial charge is 0.317 e. The summed E-state index contributed by atoms with van der Waals surface area (Å²) in [5, 5.41) is 3.61. The highest BCUT2D eigenvalue weighted by molar-refractivity contribution is 6.13. The number of nitrogens with zero attached hydrogens (tertiary/aromatic N) is 5. The highest BCUT2D eigenvalue weighted by Crippen LogP contribution is 2.36. The third-order valence-corrected chi connectivity index (χ3v) is 8.58. The molecule has 0 N–H and O–H groups in total. The van der Waals surface area contributed by atoms with Crippen LogP contribution in [0.15, 0.2) is 164 Å². The number of benzene rings is 6. The second-order valence-corrected chi connectivity index (χ2v) is 11.4. The first-order valence-corrected chi connectivity index (χ1v) is 15.4. The van der Waals surface area contributed by atoms with Gasteiger partial charge in [-0.25, -0.2) is 15.0 Å². The monoisotopic (exact) mass is 589 g/mol. The zero-order valence-electron chi connectivity index (χ0n) is 24.8. The van der Waals surface area contributed by atoms with Gasteiger partial charge >= 0.3 is 0 Å². The van der Waals surface area contributed by atoms with Crippen molar-refractivity contribution in [2.75, 3.05) is 0 Å². The van der Waals surface area contributed by atoms with Crippen molar-refractivity contribution in [3.05, 3.63) is 164 Å². The van der Waals surface area contributed by atoms with Crippen LogP contribution in [-0.2, 0) is 0 Å². The normalized spacial score (nSPS) is 11.5. The molecule has 0 saturated carbocycles. The van der Waals surface area contributed by atoms with Crippen molar-refractivity contribution >= 4 is 32.7 Å². The van der Waals surface area contributed by atoms with Gasteiger partial charge in [0.05, 0.1) is 16.6 Å². The Balaban J connectivity index is 1.24. The third kappa shape index (κ3) is 4.37. The Hall–Kier alpha value is -6.33. The van der Waals surface area contributed by atoms with E-state index in [1.54, 1.807) is 0 Å². The van der Waals surface area contributed by atoms with Crippen LogP contribution in [0.1, 0.15) is 0 Å². The fourth-order valence-electron chi connectivity index (χ4n) is 6.41. The predicted molar refractivity (Wildman–Crippen MR) is 187 cm³/mol. The molecule has 0 amide bonds. The summed E-state index contributed by atoms with van der Waals surface area (Å²) in [5.74, 6) is 1.94. The first kappa shape index (κ1) is 26.1.